The van der Waals surface area contributed by atoms with Crippen LogP contribution in [0.1, 0.15) is 12.0 Å². The summed E-state index contributed by atoms with van der Waals surface area (Å²) in [5, 5.41) is 8.82. The standard InChI is InChI=1S/C10H14N2O2/c11-9(14)10(12,6-7-13)8-4-2-1-3-5-8/h1-5,13H,6-7,12H2,(H2,11,14). The van der Waals surface area contributed by atoms with E-state index < -0.39 is 11.4 Å². The number of carbonyl (C=O) groups excluding carboxylic acids is 1. The summed E-state index contributed by atoms with van der Waals surface area (Å²) in [5.74, 6) is -0.627. The molecular formula is C10H14N2O2. The van der Waals surface area contributed by atoms with Crippen molar-refractivity contribution in [2.75, 3.05) is 6.61 Å². The van der Waals surface area contributed by atoms with Crippen molar-refractivity contribution in [3.63, 3.8) is 0 Å². The molecule has 1 amide bonds. The highest BCUT2D eigenvalue weighted by molar-refractivity contribution is 5.85. The van der Waals surface area contributed by atoms with E-state index in [1.165, 1.54) is 0 Å². The third-order valence-electron chi connectivity index (χ3n) is 2.23. The molecule has 4 nitrogen and oxygen atoms in total. The van der Waals surface area contributed by atoms with E-state index in [0.29, 0.717) is 5.56 Å². The maximum atomic E-state index is 11.2. The average Bonchev–Trinajstić information content (AvgIpc) is 2.19. The third-order valence-corrected chi connectivity index (χ3v) is 2.23. The van der Waals surface area contributed by atoms with Crippen LogP contribution in [-0.4, -0.2) is 17.6 Å². The Morgan fingerprint density at radius 2 is 1.93 bits per heavy atom. The molecule has 5 N–H and O–H groups in total. The van der Waals surface area contributed by atoms with Gasteiger partial charge in [-0.25, -0.2) is 0 Å². The molecule has 0 aromatic heterocycles. The molecule has 0 bridgehead atoms. The second-order valence-corrected chi connectivity index (χ2v) is 3.18. The van der Waals surface area contributed by atoms with Crippen LogP contribution in [-0.2, 0) is 10.3 Å². The van der Waals surface area contributed by atoms with Crippen LogP contribution in [0.5, 0.6) is 0 Å². The molecule has 1 rings (SSSR count). The number of carbonyl (C=O) groups is 1. The van der Waals surface area contributed by atoms with Crippen molar-refractivity contribution in [2.24, 2.45) is 11.5 Å². The third kappa shape index (κ3) is 1.92. The Bertz CT molecular complexity index is 313. The Balaban J connectivity index is 3.06. The molecule has 1 unspecified atom stereocenters. The Morgan fingerprint density at radius 3 is 2.36 bits per heavy atom. The van der Waals surface area contributed by atoms with Crippen molar-refractivity contribution in [1.82, 2.24) is 0 Å². The van der Waals surface area contributed by atoms with Gasteiger partial charge in [0.1, 0.15) is 5.54 Å². The van der Waals surface area contributed by atoms with Gasteiger partial charge < -0.3 is 16.6 Å². The van der Waals surface area contributed by atoms with Crippen molar-refractivity contribution in [2.45, 2.75) is 12.0 Å². The lowest BCUT2D eigenvalue weighted by atomic mass is 9.87. The zero-order chi connectivity index (χ0) is 10.6. The van der Waals surface area contributed by atoms with E-state index in [4.69, 9.17) is 16.6 Å². The minimum Gasteiger partial charge on any atom is -0.396 e. The van der Waals surface area contributed by atoms with E-state index in [9.17, 15) is 4.79 Å². The average molecular weight is 194 g/mol. The van der Waals surface area contributed by atoms with Gasteiger partial charge in [-0.2, -0.15) is 0 Å². The van der Waals surface area contributed by atoms with E-state index >= 15 is 0 Å². The van der Waals surface area contributed by atoms with Crippen LogP contribution in [0.4, 0.5) is 0 Å². The number of amides is 1. The SMILES string of the molecule is NC(=O)C(N)(CCO)c1ccccc1. The van der Waals surface area contributed by atoms with Gasteiger partial charge in [0.15, 0.2) is 0 Å². The lowest BCUT2D eigenvalue weighted by molar-refractivity contribution is -0.124. The first-order chi connectivity index (χ1) is 6.61. The molecule has 0 spiro atoms. The lowest BCUT2D eigenvalue weighted by Gasteiger charge is -2.25. The second-order valence-electron chi connectivity index (χ2n) is 3.18. The second kappa shape index (κ2) is 4.21. The molecule has 0 saturated heterocycles. The van der Waals surface area contributed by atoms with Crippen LogP contribution < -0.4 is 11.5 Å². The molecule has 4 heteroatoms. The highest BCUT2D eigenvalue weighted by Gasteiger charge is 2.32. The van der Waals surface area contributed by atoms with E-state index in [1.807, 2.05) is 6.07 Å². The number of benzene rings is 1. The number of aliphatic hydroxyl groups excluding tert-OH is 1. The predicted molar refractivity (Wildman–Crippen MR) is 53.2 cm³/mol. The molecule has 76 valence electrons. The van der Waals surface area contributed by atoms with Gasteiger partial charge in [-0.1, -0.05) is 30.3 Å². The van der Waals surface area contributed by atoms with Crippen molar-refractivity contribution in [1.29, 1.82) is 0 Å². The molecule has 0 radical (unpaired) electrons. The Morgan fingerprint density at radius 1 is 1.36 bits per heavy atom. The van der Waals surface area contributed by atoms with Crippen LogP contribution in [0.25, 0.3) is 0 Å². The summed E-state index contributed by atoms with van der Waals surface area (Å²) in [6, 6.07) is 8.82. The van der Waals surface area contributed by atoms with Crippen molar-refractivity contribution >= 4 is 5.91 Å². The first kappa shape index (κ1) is 10.7. The zero-order valence-electron chi connectivity index (χ0n) is 7.81. The quantitative estimate of drug-likeness (QED) is 0.615. The number of primary amides is 1. The fraction of sp³-hybridized carbons (Fsp3) is 0.300. The summed E-state index contributed by atoms with van der Waals surface area (Å²) < 4.78 is 0. The largest absolute Gasteiger partial charge is 0.396 e. The molecule has 0 aliphatic rings. The number of hydrogen-bond acceptors (Lipinski definition) is 3. The van der Waals surface area contributed by atoms with Crippen molar-refractivity contribution in [3.8, 4) is 0 Å². The van der Waals surface area contributed by atoms with Gasteiger partial charge in [0.25, 0.3) is 0 Å². The summed E-state index contributed by atoms with van der Waals surface area (Å²) in [7, 11) is 0. The highest BCUT2D eigenvalue weighted by Crippen LogP contribution is 2.20. The van der Waals surface area contributed by atoms with Crippen LogP contribution >= 0.6 is 0 Å². The lowest BCUT2D eigenvalue weighted by Crippen LogP contribution is -2.49. The molecule has 0 fully saturated rings. The van der Waals surface area contributed by atoms with Gasteiger partial charge in [-0.15, -0.1) is 0 Å². The first-order valence-electron chi connectivity index (χ1n) is 4.36. The normalized spacial score (nSPS) is 14.7. The Labute approximate surface area is 82.5 Å². The molecule has 14 heavy (non-hydrogen) atoms. The summed E-state index contributed by atoms with van der Waals surface area (Å²) in [5.41, 5.74) is 10.4. The molecular weight excluding hydrogens is 180 g/mol. The van der Waals surface area contributed by atoms with Gasteiger partial charge in [-0.3, -0.25) is 4.79 Å². The first-order valence-corrected chi connectivity index (χ1v) is 4.36. The van der Waals surface area contributed by atoms with Crippen LogP contribution in [0.15, 0.2) is 30.3 Å². The van der Waals surface area contributed by atoms with E-state index in [1.54, 1.807) is 24.3 Å². The number of aliphatic hydroxyl groups is 1. The minimum atomic E-state index is -1.27. The maximum absolute atomic E-state index is 11.2. The minimum absolute atomic E-state index is 0.131. The maximum Gasteiger partial charge on any atom is 0.242 e. The molecule has 1 aromatic rings. The van der Waals surface area contributed by atoms with Crippen molar-refractivity contribution < 1.29 is 9.90 Å². The van der Waals surface area contributed by atoms with Gasteiger partial charge >= 0.3 is 0 Å². The Kier molecular flexibility index (Phi) is 3.22. The van der Waals surface area contributed by atoms with Gasteiger partial charge in [0, 0.05) is 13.0 Å². The van der Waals surface area contributed by atoms with Crippen molar-refractivity contribution in [3.05, 3.63) is 35.9 Å². The molecule has 0 aliphatic heterocycles. The smallest absolute Gasteiger partial charge is 0.242 e. The summed E-state index contributed by atoms with van der Waals surface area (Å²) in [6.07, 6.45) is 0.131. The summed E-state index contributed by atoms with van der Waals surface area (Å²) >= 11 is 0. The van der Waals surface area contributed by atoms with Crippen LogP contribution in [0.3, 0.4) is 0 Å². The molecule has 0 heterocycles. The fourth-order valence-electron chi connectivity index (χ4n) is 1.32. The Hall–Kier alpha value is -1.39. The molecule has 0 aliphatic carbocycles. The van der Waals surface area contributed by atoms with Gasteiger partial charge in [0.05, 0.1) is 0 Å². The van der Waals surface area contributed by atoms with E-state index in [0.717, 1.165) is 0 Å². The molecule has 1 aromatic carbocycles. The summed E-state index contributed by atoms with van der Waals surface area (Å²) in [4.78, 5) is 11.2. The summed E-state index contributed by atoms with van der Waals surface area (Å²) in [6.45, 7) is -0.172. The van der Waals surface area contributed by atoms with Crippen LogP contribution in [0, 0.1) is 0 Å². The predicted octanol–water partition coefficient (Wildman–Crippen LogP) is -0.292. The molecule has 1 atom stereocenters. The van der Waals surface area contributed by atoms with Gasteiger partial charge in [-0.05, 0) is 5.56 Å². The fourth-order valence-corrected chi connectivity index (χ4v) is 1.32. The van der Waals surface area contributed by atoms with E-state index in [-0.39, 0.29) is 13.0 Å². The monoisotopic (exact) mass is 194 g/mol. The number of hydrogen-bond donors (Lipinski definition) is 3. The highest BCUT2D eigenvalue weighted by atomic mass is 16.3. The topological polar surface area (TPSA) is 89.3 Å². The van der Waals surface area contributed by atoms with Gasteiger partial charge in [0.2, 0.25) is 5.91 Å². The van der Waals surface area contributed by atoms with E-state index in [2.05, 4.69) is 0 Å². The number of rotatable bonds is 4. The number of nitrogens with two attached hydrogens (primary N) is 2. The van der Waals surface area contributed by atoms with Crippen LogP contribution in [0.2, 0.25) is 0 Å². The zero-order valence-corrected chi connectivity index (χ0v) is 7.81. The molecule has 0 saturated carbocycles.